The fourth-order valence-corrected chi connectivity index (χ4v) is 3.75. The van der Waals surface area contributed by atoms with Crippen molar-refractivity contribution < 1.29 is 19.5 Å². The highest BCUT2D eigenvalue weighted by Gasteiger charge is 2.40. The molecule has 24 heavy (non-hydrogen) atoms. The van der Waals surface area contributed by atoms with Crippen LogP contribution in [0.15, 0.2) is 28.5 Å². The molecule has 130 valence electrons. The number of hydrogen-bond donors (Lipinski definition) is 2. The lowest BCUT2D eigenvalue weighted by Gasteiger charge is -2.27. The molecule has 0 unspecified atom stereocenters. The maximum absolute atomic E-state index is 12.7. The summed E-state index contributed by atoms with van der Waals surface area (Å²) in [5.41, 5.74) is -0.297. The van der Waals surface area contributed by atoms with Gasteiger partial charge in [-0.3, -0.25) is 19.4 Å². The molecule has 0 fully saturated rings. The average molecular weight is 350 g/mol. The molecule has 6 nitrogen and oxygen atoms in total. The number of hydrogen-bond acceptors (Lipinski definition) is 6. The minimum Gasteiger partial charge on any atom is -0.508 e. The summed E-state index contributed by atoms with van der Waals surface area (Å²) in [6.07, 6.45) is 4.38. The van der Waals surface area contributed by atoms with E-state index in [1.54, 1.807) is 6.92 Å². The number of rotatable bonds is 6. The van der Waals surface area contributed by atoms with Gasteiger partial charge < -0.3 is 10.4 Å². The van der Waals surface area contributed by atoms with Crippen LogP contribution in [0.5, 0.6) is 0 Å². The van der Waals surface area contributed by atoms with E-state index in [0.717, 1.165) is 6.42 Å². The van der Waals surface area contributed by atoms with Crippen LogP contribution in [0.4, 0.5) is 0 Å². The molecule has 2 atom stereocenters. The zero-order valence-corrected chi connectivity index (χ0v) is 14.9. The number of aliphatic hydroxyl groups excluding tert-OH is 1. The Balaban J connectivity index is 2.17. The number of ketones is 2. The summed E-state index contributed by atoms with van der Waals surface area (Å²) < 4.78 is 0. The van der Waals surface area contributed by atoms with Crippen LogP contribution < -0.4 is 5.32 Å². The summed E-state index contributed by atoms with van der Waals surface area (Å²) in [5, 5.41) is 13.0. The molecule has 0 aromatic carbocycles. The Morgan fingerprint density at radius 2 is 2.17 bits per heavy atom. The normalized spacial score (nSPS) is 24.8. The second-order valence-electron chi connectivity index (χ2n) is 6.28. The zero-order valence-electron chi connectivity index (χ0n) is 14.1. The molecule has 2 rings (SSSR count). The fourth-order valence-electron chi connectivity index (χ4n) is 2.67. The number of carbonyl (C=O) groups is 3. The highest BCUT2D eigenvalue weighted by atomic mass is 32.2. The number of nitrogens with one attached hydrogen (secondary N) is 1. The van der Waals surface area contributed by atoms with E-state index in [0.29, 0.717) is 22.8 Å². The van der Waals surface area contributed by atoms with Gasteiger partial charge in [-0.15, -0.1) is 11.8 Å². The number of carbonyl (C=O) groups excluding carboxylic acids is 3. The molecule has 2 N–H and O–H groups in total. The van der Waals surface area contributed by atoms with E-state index in [1.165, 1.54) is 30.8 Å². The fraction of sp³-hybridized carbons (Fsp3) is 0.529. The Morgan fingerprint density at radius 1 is 1.46 bits per heavy atom. The third-order valence-corrected chi connectivity index (χ3v) is 5.34. The first-order chi connectivity index (χ1) is 11.2. The van der Waals surface area contributed by atoms with E-state index in [1.807, 2.05) is 6.92 Å². The summed E-state index contributed by atoms with van der Waals surface area (Å²) >= 11 is 1.28. The predicted molar refractivity (Wildman–Crippen MR) is 94.2 cm³/mol. The number of nitrogens with zero attached hydrogens (tertiary/aromatic N) is 1. The van der Waals surface area contributed by atoms with Crippen molar-refractivity contribution in [3.8, 4) is 0 Å². The number of Topliss-reactive ketones (excluding diaryl/α,β-unsaturated/α-hetero) is 1. The first-order valence-electron chi connectivity index (χ1n) is 7.93. The summed E-state index contributed by atoms with van der Waals surface area (Å²) in [4.78, 5) is 40.1. The maximum atomic E-state index is 12.7. The van der Waals surface area contributed by atoms with Crippen molar-refractivity contribution in [1.82, 2.24) is 5.32 Å². The molecule has 0 saturated heterocycles. The minimum absolute atomic E-state index is 0.0869. The van der Waals surface area contributed by atoms with Gasteiger partial charge in [-0.05, 0) is 25.0 Å². The Bertz CT molecular complexity index is 666. The molecule has 0 aromatic rings. The van der Waals surface area contributed by atoms with Gasteiger partial charge in [-0.25, -0.2) is 0 Å². The Morgan fingerprint density at radius 3 is 2.71 bits per heavy atom. The van der Waals surface area contributed by atoms with Gasteiger partial charge in [0.1, 0.15) is 16.3 Å². The van der Waals surface area contributed by atoms with Gasteiger partial charge >= 0.3 is 0 Å². The Labute approximate surface area is 145 Å². The third kappa shape index (κ3) is 4.14. The van der Waals surface area contributed by atoms with Crippen LogP contribution >= 0.6 is 11.8 Å². The number of aliphatic imine (C=N–C) groups is 1. The molecular weight excluding hydrogens is 328 g/mol. The molecule has 2 aliphatic rings. The molecule has 0 spiro atoms. The number of thioether (sulfide) groups is 1. The van der Waals surface area contributed by atoms with E-state index < -0.39 is 5.54 Å². The van der Waals surface area contributed by atoms with Gasteiger partial charge in [-0.2, -0.15) is 0 Å². The maximum Gasteiger partial charge on any atom is 0.249 e. The van der Waals surface area contributed by atoms with Crippen molar-refractivity contribution >= 4 is 34.3 Å². The van der Waals surface area contributed by atoms with E-state index in [-0.39, 0.29) is 35.7 Å². The highest BCUT2D eigenvalue weighted by Crippen LogP contribution is 2.29. The first kappa shape index (κ1) is 18.4. The van der Waals surface area contributed by atoms with Crippen molar-refractivity contribution in [2.75, 3.05) is 5.75 Å². The molecule has 0 saturated carbocycles. The van der Waals surface area contributed by atoms with Gasteiger partial charge in [0, 0.05) is 25.2 Å². The van der Waals surface area contributed by atoms with Crippen LogP contribution in [0.25, 0.3) is 0 Å². The van der Waals surface area contributed by atoms with E-state index in [9.17, 15) is 19.5 Å². The molecular formula is C17H22N2O4S. The summed E-state index contributed by atoms with van der Waals surface area (Å²) in [6.45, 7) is 5.12. The van der Waals surface area contributed by atoms with Gasteiger partial charge in [0.2, 0.25) is 5.91 Å². The number of amides is 1. The molecule has 7 heteroatoms. The summed E-state index contributed by atoms with van der Waals surface area (Å²) in [6, 6.07) is -0.333. The first-order valence-corrected chi connectivity index (χ1v) is 8.92. The summed E-state index contributed by atoms with van der Waals surface area (Å²) in [5.74, 6) is -0.268. The molecule has 0 radical (unpaired) electrons. The van der Waals surface area contributed by atoms with Crippen molar-refractivity contribution in [3.63, 3.8) is 0 Å². The molecule has 1 amide bonds. The van der Waals surface area contributed by atoms with Crippen molar-refractivity contribution in [1.29, 1.82) is 0 Å². The zero-order chi connectivity index (χ0) is 17.9. The highest BCUT2D eigenvalue weighted by molar-refractivity contribution is 8.16. The summed E-state index contributed by atoms with van der Waals surface area (Å²) in [7, 11) is 0. The smallest absolute Gasteiger partial charge is 0.249 e. The number of allylic oxidation sites excluding steroid dienone is 2. The van der Waals surface area contributed by atoms with Crippen molar-refractivity contribution in [2.24, 2.45) is 4.99 Å². The second-order valence-corrected chi connectivity index (χ2v) is 7.25. The molecule has 1 heterocycles. The van der Waals surface area contributed by atoms with Gasteiger partial charge in [-0.1, -0.05) is 13.3 Å². The van der Waals surface area contributed by atoms with Crippen molar-refractivity contribution in [3.05, 3.63) is 23.5 Å². The second kappa shape index (κ2) is 7.34. The van der Waals surface area contributed by atoms with Crippen molar-refractivity contribution in [2.45, 2.75) is 51.6 Å². The van der Waals surface area contributed by atoms with Crippen LogP contribution in [0.3, 0.4) is 0 Å². The quantitative estimate of drug-likeness (QED) is 0.765. The van der Waals surface area contributed by atoms with E-state index in [4.69, 9.17) is 0 Å². The Hall–Kier alpha value is -1.89. The van der Waals surface area contributed by atoms with Crippen LogP contribution in [0.1, 0.15) is 40.0 Å². The standard InChI is InChI=1S/C17H22N2O4S/c1-4-5-14(11-6-12(21)8-13(22)7-11)18-16(23)17(3)9-24-15(19-17)10(2)20/h6,8,14,21H,4-5,7,9H2,1-3H3,(H,18,23)/t14-,17+/m1/s1. The molecule has 1 aliphatic heterocycles. The topological polar surface area (TPSA) is 95.8 Å². The van der Waals surface area contributed by atoms with Gasteiger partial charge in [0.15, 0.2) is 11.6 Å². The molecule has 1 aliphatic carbocycles. The average Bonchev–Trinajstić information content (AvgIpc) is 2.90. The molecule has 0 bridgehead atoms. The van der Waals surface area contributed by atoms with E-state index >= 15 is 0 Å². The van der Waals surface area contributed by atoms with Crippen LogP contribution in [0.2, 0.25) is 0 Å². The largest absolute Gasteiger partial charge is 0.508 e. The minimum atomic E-state index is -0.991. The van der Waals surface area contributed by atoms with Crippen LogP contribution in [-0.2, 0) is 14.4 Å². The lowest BCUT2D eigenvalue weighted by Crippen LogP contribution is -2.48. The lowest BCUT2D eigenvalue weighted by atomic mass is 9.92. The number of aliphatic hydroxyl groups is 1. The van der Waals surface area contributed by atoms with E-state index in [2.05, 4.69) is 10.3 Å². The van der Waals surface area contributed by atoms with Crippen LogP contribution in [0, 0.1) is 0 Å². The third-order valence-electron chi connectivity index (χ3n) is 3.98. The van der Waals surface area contributed by atoms with Gasteiger partial charge in [0.25, 0.3) is 0 Å². The lowest BCUT2D eigenvalue weighted by molar-refractivity contribution is -0.125. The van der Waals surface area contributed by atoms with Gasteiger partial charge in [0.05, 0.1) is 6.04 Å². The van der Waals surface area contributed by atoms with Crippen LogP contribution in [-0.4, -0.2) is 45.0 Å². The Kier molecular flexibility index (Phi) is 5.64. The monoisotopic (exact) mass is 350 g/mol. The SMILES string of the molecule is CCC[C@@H](NC(=O)[C@]1(C)CSC(C(C)=O)=N1)C1=CC(O)=CC(=O)C1. The predicted octanol–water partition coefficient (Wildman–Crippen LogP) is 2.11. The molecule has 0 aromatic heterocycles.